The number of ether oxygens (including phenoxy) is 3. The van der Waals surface area contributed by atoms with E-state index in [9.17, 15) is 8.42 Å². The minimum atomic E-state index is -3.50. The average Bonchev–Trinajstić information content (AvgIpc) is 2.95. The van der Waals surface area contributed by atoms with Crippen LogP contribution in [0.25, 0.3) is 0 Å². The van der Waals surface area contributed by atoms with E-state index in [0.717, 1.165) is 0 Å². The number of hydrogen-bond donors (Lipinski definition) is 0. The van der Waals surface area contributed by atoms with Crippen LogP contribution >= 0.6 is 0 Å². The van der Waals surface area contributed by atoms with Gasteiger partial charge in [0, 0.05) is 25.9 Å². The molecule has 1 aromatic rings. The molecule has 22 heavy (non-hydrogen) atoms. The summed E-state index contributed by atoms with van der Waals surface area (Å²) in [4.78, 5) is 0.331. The molecule has 0 radical (unpaired) electrons. The predicted molar refractivity (Wildman–Crippen MR) is 80.4 cm³/mol. The molecule has 0 amide bonds. The molecule has 2 aliphatic heterocycles. The Labute approximate surface area is 131 Å². The summed E-state index contributed by atoms with van der Waals surface area (Å²) in [5, 5.41) is 0. The van der Waals surface area contributed by atoms with Gasteiger partial charge in [-0.1, -0.05) is 0 Å². The molecule has 1 aromatic carbocycles. The number of hydrogen-bond acceptors (Lipinski definition) is 5. The van der Waals surface area contributed by atoms with Gasteiger partial charge < -0.3 is 14.2 Å². The van der Waals surface area contributed by atoms with E-state index in [2.05, 4.69) is 0 Å². The summed E-state index contributed by atoms with van der Waals surface area (Å²) in [6.45, 7) is 3.78. The Kier molecular flexibility index (Phi) is 4.15. The van der Waals surface area contributed by atoms with Gasteiger partial charge >= 0.3 is 0 Å². The Morgan fingerprint density at radius 3 is 2.36 bits per heavy atom. The number of aryl methyl sites for hydroxylation is 1. The number of rotatable bonds is 3. The summed E-state index contributed by atoms with van der Waals surface area (Å²) >= 11 is 0. The Hall–Kier alpha value is -1.15. The molecule has 0 N–H and O–H groups in total. The molecule has 7 heteroatoms. The highest BCUT2D eigenvalue weighted by molar-refractivity contribution is 7.89. The van der Waals surface area contributed by atoms with Crippen LogP contribution in [0.4, 0.5) is 0 Å². The van der Waals surface area contributed by atoms with Crippen molar-refractivity contribution in [1.29, 1.82) is 0 Å². The van der Waals surface area contributed by atoms with Crippen LogP contribution in [0.2, 0.25) is 0 Å². The van der Waals surface area contributed by atoms with Gasteiger partial charge in [0.1, 0.15) is 5.75 Å². The van der Waals surface area contributed by atoms with E-state index >= 15 is 0 Å². The van der Waals surface area contributed by atoms with Crippen LogP contribution in [0.3, 0.4) is 0 Å². The van der Waals surface area contributed by atoms with Gasteiger partial charge in [-0.15, -0.1) is 0 Å². The van der Waals surface area contributed by atoms with Crippen molar-refractivity contribution < 1.29 is 22.6 Å². The highest BCUT2D eigenvalue weighted by Crippen LogP contribution is 2.34. The van der Waals surface area contributed by atoms with Crippen molar-refractivity contribution >= 4 is 10.0 Å². The number of piperidine rings is 1. The van der Waals surface area contributed by atoms with Crippen LogP contribution in [0.1, 0.15) is 18.4 Å². The van der Waals surface area contributed by atoms with Crippen molar-refractivity contribution in [3.8, 4) is 5.75 Å². The molecular formula is C15H21NO5S. The zero-order valence-electron chi connectivity index (χ0n) is 12.9. The topological polar surface area (TPSA) is 65.1 Å². The molecule has 122 valence electrons. The molecule has 2 saturated heterocycles. The Bertz CT molecular complexity index is 642. The van der Waals surface area contributed by atoms with Crippen molar-refractivity contribution in [2.45, 2.75) is 30.4 Å². The second-order valence-electron chi connectivity index (χ2n) is 5.64. The summed E-state index contributed by atoms with van der Waals surface area (Å²) in [5.74, 6) is 0.0860. The van der Waals surface area contributed by atoms with Crippen LogP contribution in [-0.2, 0) is 19.5 Å². The maximum atomic E-state index is 12.8. The smallest absolute Gasteiger partial charge is 0.243 e. The van der Waals surface area contributed by atoms with Crippen molar-refractivity contribution in [1.82, 2.24) is 4.31 Å². The molecular weight excluding hydrogens is 306 g/mol. The average molecular weight is 327 g/mol. The SMILES string of the molecule is COc1ccc(S(=O)(=O)N2CCC3(CC2)OCCO3)c(C)c1. The lowest BCUT2D eigenvalue weighted by molar-refractivity contribution is -0.179. The van der Waals surface area contributed by atoms with Gasteiger partial charge in [-0.05, 0) is 30.7 Å². The molecule has 3 rings (SSSR count). The summed E-state index contributed by atoms with van der Waals surface area (Å²) in [7, 11) is -1.93. The molecule has 0 saturated carbocycles. The van der Waals surface area contributed by atoms with E-state index in [1.807, 2.05) is 0 Å². The fourth-order valence-electron chi connectivity index (χ4n) is 3.03. The van der Waals surface area contributed by atoms with Crippen molar-refractivity contribution in [2.24, 2.45) is 0 Å². The quantitative estimate of drug-likeness (QED) is 0.842. The minimum absolute atomic E-state index is 0.331. The van der Waals surface area contributed by atoms with Crippen molar-refractivity contribution in [3.05, 3.63) is 23.8 Å². The lowest BCUT2D eigenvalue weighted by Crippen LogP contribution is -2.47. The largest absolute Gasteiger partial charge is 0.497 e. The number of benzene rings is 1. The van der Waals surface area contributed by atoms with Gasteiger partial charge in [0.25, 0.3) is 0 Å². The summed E-state index contributed by atoms with van der Waals surface area (Å²) in [6, 6.07) is 5.02. The van der Waals surface area contributed by atoms with Crippen LogP contribution in [0.5, 0.6) is 5.75 Å². The van der Waals surface area contributed by atoms with Crippen LogP contribution in [0.15, 0.2) is 23.1 Å². The number of nitrogens with zero attached hydrogens (tertiary/aromatic N) is 1. The first-order chi connectivity index (χ1) is 10.5. The molecule has 1 spiro atoms. The van der Waals surface area contributed by atoms with Crippen LogP contribution < -0.4 is 4.74 Å². The second kappa shape index (κ2) is 5.81. The fourth-order valence-corrected chi connectivity index (χ4v) is 4.68. The van der Waals surface area contributed by atoms with E-state index in [-0.39, 0.29) is 0 Å². The monoisotopic (exact) mass is 327 g/mol. The lowest BCUT2D eigenvalue weighted by atomic mass is 10.1. The van der Waals surface area contributed by atoms with Gasteiger partial charge in [-0.25, -0.2) is 8.42 Å². The second-order valence-corrected chi connectivity index (χ2v) is 7.55. The molecule has 0 bridgehead atoms. The number of sulfonamides is 1. The molecule has 0 aromatic heterocycles. The highest BCUT2D eigenvalue weighted by atomic mass is 32.2. The lowest BCUT2D eigenvalue weighted by Gasteiger charge is -2.37. The van der Waals surface area contributed by atoms with E-state index in [4.69, 9.17) is 14.2 Å². The van der Waals surface area contributed by atoms with E-state index < -0.39 is 15.8 Å². The summed E-state index contributed by atoms with van der Waals surface area (Å²) in [6.07, 6.45) is 1.14. The predicted octanol–water partition coefficient (Wildman–Crippen LogP) is 1.53. The molecule has 0 unspecified atom stereocenters. The molecule has 6 nitrogen and oxygen atoms in total. The van der Waals surface area contributed by atoms with E-state index in [1.54, 1.807) is 32.2 Å². The molecule has 0 atom stereocenters. The van der Waals surface area contributed by atoms with Crippen LogP contribution in [0, 0.1) is 6.92 Å². The van der Waals surface area contributed by atoms with E-state index in [0.29, 0.717) is 55.4 Å². The van der Waals surface area contributed by atoms with Gasteiger partial charge in [0.05, 0.1) is 25.2 Å². The van der Waals surface area contributed by atoms with E-state index in [1.165, 1.54) is 4.31 Å². The van der Waals surface area contributed by atoms with Crippen molar-refractivity contribution in [2.75, 3.05) is 33.4 Å². The normalized spacial score (nSPS) is 22.1. The summed E-state index contributed by atoms with van der Waals surface area (Å²) in [5.41, 5.74) is 0.688. The molecule has 2 heterocycles. The van der Waals surface area contributed by atoms with Gasteiger partial charge in [-0.2, -0.15) is 4.31 Å². The zero-order chi connectivity index (χ0) is 15.8. The Morgan fingerprint density at radius 1 is 1.18 bits per heavy atom. The van der Waals surface area contributed by atoms with Gasteiger partial charge in [0.2, 0.25) is 10.0 Å². The maximum absolute atomic E-state index is 12.8. The van der Waals surface area contributed by atoms with Gasteiger partial charge in [0.15, 0.2) is 5.79 Å². The van der Waals surface area contributed by atoms with Gasteiger partial charge in [-0.3, -0.25) is 0 Å². The van der Waals surface area contributed by atoms with Crippen molar-refractivity contribution in [3.63, 3.8) is 0 Å². The third-order valence-electron chi connectivity index (χ3n) is 4.30. The first kappa shape index (κ1) is 15.7. The van der Waals surface area contributed by atoms with Crippen LogP contribution in [-0.4, -0.2) is 51.9 Å². The first-order valence-corrected chi connectivity index (χ1v) is 8.84. The number of methoxy groups -OCH3 is 1. The fraction of sp³-hybridized carbons (Fsp3) is 0.600. The zero-order valence-corrected chi connectivity index (χ0v) is 13.7. The Morgan fingerprint density at radius 2 is 1.82 bits per heavy atom. The molecule has 2 aliphatic rings. The summed E-state index contributed by atoms with van der Waals surface area (Å²) < 4.78 is 43.6. The molecule has 0 aliphatic carbocycles. The standard InChI is InChI=1S/C15H21NO5S/c1-12-11-13(19-2)3-4-14(12)22(17,18)16-7-5-15(6-8-16)20-9-10-21-15/h3-4,11H,5-10H2,1-2H3. The minimum Gasteiger partial charge on any atom is -0.497 e. The highest BCUT2D eigenvalue weighted by Gasteiger charge is 2.42. The molecule has 2 fully saturated rings. The first-order valence-electron chi connectivity index (χ1n) is 7.40. The Balaban J connectivity index is 1.79. The maximum Gasteiger partial charge on any atom is 0.243 e. The third kappa shape index (κ3) is 2.74. The third-order valence-corrected chi connectivity index (χ3v) is 6.36.